The average Bonchev–Trinajstić information content (AvgIpc) is 3.19. The molecule has 0 unspecified atom stereocenters. The predicted molar refractivity (Wildman–Crippen MR) is 210 cm³/mol. The zero-order valence-corrected chi connectivity index (χ0v) is 29.5. The van der Waals surface area contributed by atoms with Crippen molar-refractivity contribution in [3.05, 3.63) is 192 Å². The molecule has 8 heteroatoms. The maximum absolute atomic E-state index is 14.1. The molecule has 0 aromatic heterocycles. The first kappa shape index (κ1) is 35.6. The number of carbonyl (C=O) groups excluding carboxylic acids is 3. The molecule has 1 heterocycles. The molecule has 0 fully saturated rings. The Morgan fingerprint density at radius 3 is 2.19 bits per heavy atom. The molecule has 0 saturated heterocycles. The second-order valence-corrected chi connectivity index (χ2v) is 12.8. The van der Waals surface area contributed by atoms with Crippen molar-refractivity contribution in [1.82, 2.24) is 10.2 Å². The number of amidine groups is 1. The molecule has 1 aliphatic heterocycles. The number of hydrogen-bond donors (Lipinski definition) is 1. The number of aliphatic imine (C=N–C) groups is 1. The van der Waals surface area contributed by atoms with Gasteiger partial charge in [0.2, 0.25) is 5.91 Å². The highest BCUT2D eigenvalue weighted by atomic mass is 32.2. The van der Waals surface area contributed by atoms with Crippen LogP contribution in [-0.4, -0.2) is 33.5 Å². The van der Waals surface area contributed by atoms with Crippen LogP contribution in [0.2, 0.25) is 0 Å². The van der Waals surface area contributed by atoms with Crippen molar-refractivity contribution >= 4 is 51.5 Å². The van der Waals surface area contributed by atoms with Crippen LogP contribution in [0.3, 0.4) is 0 Å². The van der Waals surface area contributed by atoms with E-state index in [4.69, 9.17) is 4.74 Å². The first-order chi connectivity index (χ1) is 25.4. The van der Waals surface area contributed by atoms with E-state index in [1.165, 1.54) is 11.0 Å². The minimum Gasteiger partial charge on any atom is -0.489 e. The molecule has 6 rings (SSSR count). The van der Waals surface area contributed by atoms with Crippen LogP contribution in [-0.2, 0) is 21.0 Å². The number of allylic oxidation sites excluding steroid dienone is 4. The Morgan fingerprint density at radius 1 is 0.865 bits per heavy atom. The fourth-order valence-corrected chi connectivity index (χ4v) is 6.61. The second-order valence-electron chi connectivity index (χ2n) is 11.8. The first-order valence-electron chi connectivity index (χ1n) is 16.8. The predicted octanol–water partition coefficient (Wildman–Crippen LogP) is 8.81. The Kier molecular flexibility index (Phi) is 11.7. The van der Waals surface area contributed by atoms with Crippen LogP contribution in [0.1, 0.15) is 35.2 Å². The van der Waals surface area contributed by atoms with Crippen LogP contribution < -0.4 is 10.1 Å². The molecule has 0 saturated carbocycles. The van der Waals surface area contributed by atoms with E-state index < -0.39 is 11.8 Å². The summed E-state index contributed by atoms with van der Waals surface area (Å²) in [5.41, 5.74) is 3.95. The highest BCUT2D eigenvalue weighted by Crippen LogP contribution is 2.28. The van der Waals surface area contributed by atoms with Crippen molar-refractivity contribution in [2.24, 2.45) is 4.99 Å². The monoisotopic (exact) mass is 703 g/mol. The number of carbonyl (C=O) groups is 3. The van der Waals surface area contributed by atoms with Gasteiger partial charge in [0, 0.05) is 5.70 Å². The summed E-state index contributed by atoms with van der Waals surface area (Å²) in [5, 5.41) is 5.50. The van der Waals surface area contributed by atoms with Crippen molar-refractivity contribution in [1.29, 1.82) is 0 Å². The van der Waals surface area contributed by atoms with E-state index in [1.54, 1.807) is 55.5 Å². The summed E-state index contributed by atoms with van der Waals surface area (Å²) < 4.78 is 6.08. The molecule has 0 bridgehead atoms. The minimum absolute atomic E-state index is 0.0759. The third kappa shape index (κ3) is 8.54. The molecule has 258 valence electrons. The fourth-order valence-electron chi connectivity index (χ4n) is 5.80. The number of fused-ring (bicyclic) bond motifs is 1. The lowest BCUT2D eigenvalue weighted by atomic mass is 9.99. The number of hydrogen-bond acceptors (Lipinski definition) is 5. The van der Waals surface area contributed by atoms with E-state index in [2.05, 4.69) is 35.1 Å². The second kappa shape index (κ2) is 17.1. The minimum atomic E-state index is -0.685. The molecule has 0 aliphatic carbocycles. The van der Waals surface area contributed by atoms with Gasteiger partial charge in [-0.3, -0.25) is 19.3 Å². The van der Waals surface area contributed by atoms with Gasteiger partial charge in [0.25, 0.3) is 11.8 Å². The largest absolute Gasteiger partial charge is 0.489 e. The third-order valence-electron chi connectivity index (χ3n) is 8.38. The van der Waals surface area contributed by atoms with Gasteiger partial charge in [-0.05, 0) is 64.2 Å². The molecule has 5 aromatic rings. The third-order valence-corrected chi connectivity index (χ3v) is 9.32. The molecule has 1 aliphatic rings. The zero-order valence-electron chi connectivity index (χ0n) is 28.6. The van der Waals surface area contributed by atoms with Gasteiger partial charge in [0.1, 0.15) is 17.9 Å². The molecule has 52 heavy (non-hydrogen) atoms. The summed E-state index contributed by atoms with van der Waals surface area (Å²) in [6.45, 7) is 5.92. The summed E-state index contributed by atoms with van der Waals surface area (Å²) >= 11 is 1.02. The van der Waals surface area contributed by atoms with E-state index in [9.17, 15) is 14.4 Å². The van der Waals surface area contributed by atoms with Crippen LogP contribution in [0.25, 0.3) is 16.8 Å². The Balaban J connectivity index is 1.19. The number of nitrogens with one attached hydrogen (secondary N) is 1. The van der Waals surface area contributed by atoms with Gasteiger partial charge in [-0.15, -0.1) is 0 Å². The number of amides is 3. The highest BCUT2D eigenvalue weighted by molar-refractivity contribution is 8.14. The summed E-state index contributed by atoms with van der Waals surface area (Å²) in [4.78, 5) is 46.6. The SMILES string of the molecule is C=C/C=C\C(=C/C)N1C(=O)/C(=C/c2ccc(OCc3cccc4ccccc34)cc2)C(=O)N=C1SCC(=O)NC(c1ccccc1)c1ccccc1. The number of thioether (sulfide) groups is 1. The molecule has 0 spiro atoms. The molecular formula is C44H37N3O4S. The lowest BCUT2D eigenvalue weighted by Gasteiger charge is -2.28. The average molecular weight is 704 g/mol. The van der Waals surface area contributed by atoms with Crippen molar-refractivity contribution in [3.8, 4) is 5.75 Å². The molecule has 1 N–H and O–H groups in total. The molecule has 5 aromatic carbocycles. The molecular weight excluding hydrogens is 667 g/mol. The molecule has 3 amide bonds. The van der Waals surface area contributed by atoms with E-state index in [0.717, 1.165) is 39.2 Å². The Hall–Kier alpha value is -6.25. The Bertz CT molecular complexity index is 2160. The zero-order chi connectivity index (χ0) is 36.3. The maximum Gasteiger partial charge on any atom is 0.285 e. The van der Waals surface area contributed by atoms with E-state index >= 15 is 0 Å². The van der Waals surface area contributed by atoms with Gasteiger partial charge >= 0.3 is 0 Å². The maximum atomic E-state index is 14.1. The van der Waals surface area contributed by atoms with Gasteiger partial charge in [-0.2, -0.15) is 4.99 Å². The van der Waals surface area contributed by atoms with Crippen molar-refractivity contribution < 1.29 is 19.1 Å². The lowest BCUT2D eigenvalue weighted by Crippen LogP contribution is -2.42. The highest BCUT2D eigenvalue weighted by Gasteiger charge is 2.35. The summed E-state index contributed by atoms with van der Waals surface area (Å²) in [6.07, 6.45) is 8.26. The lowest BCUT2D eigenvalue weighted by molar-refractivity contribution is -0.126. The number of rotatable bonds is 12. The Morgan fingerprint density at radius 2 is 1.52 bits per heavy atom. The van der Waals surface area contributed by atoms with Crippen LogP contribution in [0, 0.1) is 0 Å². The molecule has 0 radical (unpaired) electrons. The number of nitrogens with zero attached hydrogens (tertiary/aromatic N) is 2. The van der Waals surface area contributed by atoms with E-state index in [-0.39, 0.29) is 28.4 Å². The van der Waals surface area contributed by atoms with Crippen LogP contribution in [0.5, 0.6) is 5.75 Å². The van der Waals surface area contributed by atoms with E-state index in [0.29, 0.717) is 23.6 Å². The molecule has 0 atom stereocenters. The van der Waals surface area contributed by atoms with Gasteiger partial charge in [-0.25, -0.2) is 0 Å². The van der Waals surface area contributed by atoms with Crippen LogP contribution in [0.4, 0.5) is 0 Å². The topological polar surface area (TPSA) is 88.1 Å². The van der Waals surface area contributed by atoms with Gasteiger partial charge in [0.15, 0.2) is 5.17 Å². The van der Waals surface area contributed by atoms with Crippen molar-refractivity contribution in [2.75, 3.05) is 5.75 Å². The normalized spacial score (nSPS) is 14.3. The van der Waals surface area contributed by atoms with E-state index in [1.807, 2.05) is 84.9 Å². The summed E-state index contributed by atoms with van der Waals surface area (Å²) in [7, 11) is 0. The standard InChI is InChI=1S/C44H37N3O4S/c1-3-5-22-36(4-2)47-43(50)39(28-31-24-26-37(27-25-31)51-29-35-21-14-20-32-15-12-13-23-38(32)35)42(49)46-44(47)52-30-40(48)45-41(33-16-8-6-9-17-33)34-18-10-7-11-19-34/h3-28,41H,1,29-30H2,2H3,(H,45,48)/b22-5-,36-4+,39-28+. The van der Waals surface area contributed by atoms with Gasteiger partial charge in [-0.1, -0.05) is 152 Å². The van der Waals surface area contributed by atoms with Crippen molar-refractivity contribution in [2.45, 2.75) is 19.6 Å². The van der Waals surface area contributed by atoms with Crippen LogP contribution >= 0.6 is 11.8 Å². The quantitative estimate of drug-likeness (QED) is 0.0798. The smallest absolute Gasteiger partial charge is 0.285 e. The van der Waals surface area contributed by atoms with Crippen molar-refractivity contribution in [3.63, 3.8) is 0 Å². The number of ether oxygens (including phenoxy) is 1. The first-order valence-corrected chi connectivity index (χ1v) is 17.8. The van der Waals surface area contributed by atoms with Gasteiger partial charge < -0.3 is 10.1 Å². The Labute approximate surface area is 307 Å². The number of benzene rings is 5. The summed E-state index contributed by atoms with van der Waals surface area (Å²) in [5.74, 6) is -0.936. The fraction of sp³-hybridized carbons (Fsp3) is 0.0909. The van der Waals surface area contributed by atoms with Gasteiger partial charge in [0.05, 0.1) is 11.8 Å². The summed E-state index contributed by atoms with van der Waals surface area (Å²) in [6, 6.07) is 40.5. The van der Waals surface area contributed by atoms with Crippen LogP contribution in [0.15, 0.2) is 175 Å². The molecule has 7 nitrogen and oxygen atoms in total.